The highest BCUT2D eigenvalue weighted by molar-refractivity contribution is 9.09. The van der Waals surface area contributed by atoms with Gasteiger partial charge in [-0.25, -0.2) is 4.98 Å². The van der Waals surface area contributed by atoms with Crippen molar-refractivity contribution in [2.24, 2.45) is 0 Å². The minimum absolute atomic E-state index is 0.126. The number of pyridine rings is 1. The summed E-state index contributed by atoms with van der Waals surface area (Å²) in [6.07, 6.45) is 1.39. The summed E-state index contributed by atoms with van der Waals surface area (Å²) in [5.41, 5.74) is 0.244. The average molecular weight is 275 g/mol. The molecule has 0 unspecified atom stereocenters. The zero-order valence-electron chi connectivity index (χ0n) is 6.83. The van der Waals surface area contributed by atoms with Crippen molar-refractivity contribution < 1.29 is 4.92 Å². The molecule has 0 N–H and O–H groups in total. The second-order valence-electron chi connectivity index (χ2n) is 2.23. The van der Waals surface area contributed by atoms with Crippen LogP contribution in [0, 0.1) is 22.0 Å². The van der Waals surface area contributed by atoms with Gasteiger partial charge in [-0.2, -0.15) is 0 Å². The van der Waals surface area contributed by atoms with Crippen molar-refractivity contribution in [1.82, 2.24) is 4.98 Å². The molecule has 6 heteroatoms. The molecule has 1 rings (SSSR count). The fraction of sp³-hybridized carbons (Fsp3) is 0.125. The van der Waals surface area contributed by atoms with E-state index in [1.807, 2.05) is 0 Å². The first-order valence-electron chi connectivity index (χ1n) is 3.50. The molecule has 1 heterocycles. The minimum Gasteiger partial charge on any atom is -0.258 e. The van der Waals surface area contributed by atoms with Crippen molar-refractivity contribution in [2.45, 2.75) is 0 Å². The van der Waals surface area contributed by atoms with E-state index in [-0.39, 0.29) is 10.8 Å². The van der Waals surface area contributed by atoms with Crippen LogP contribution in [0.25, 0.3) is 0 Å². The molecule has 0 atom stereocenters. The van der Waals surface area contributed by atoms with E-state index in [9.17, 15) is 10.1 Å². The Kier molecular flexibility index (Phi) is 3.86. The summed E-state index contributed by atoms with van der Waals surface area (Å²) in [6, 6.07) is 1.30. The molecule has 0 bridgehead atoms. The van der Waals surface area contributed by atoms with Gasteiger partial charge in [0.15, 0.2) is 0 Å². The van der Waals surface area contributed by atoms with Crippen LogP contribution in [0.1, 0.15) is 5.56 Å². The maximum absolute atomic E-state index is 10.5. The Morgan fingerprint density at radius 2 is 2.43 bits per heavy atom. The summed E-state index contributed by atoms with van der Waals surface area (Å²) in [5, 5.41) is 10.8. The fourth-order valence-electron chi connectivity index (χ4n) is 0.768. The van der Waals surface area contributed by atoms with Gasteiger partial charge >= 0.3 is 5.69 Å². The number of nitrogens with zero attached hydrogens (tertiary/aromatic N) is 2. The van der Waals surface area contributed by atoms with Crippen LogP contribution in [-0.2, 0) is 0 Å². The van der Waals surface area contributed by atoms with E-state index >= 15 is 0 Å². The highest BCUT2D eigenvalue weighted by atomic mass is 79.9. The van der Waals surface area contributed by atoms with Gasteiger partial charge in [0.2, 0.25) is 5.15 Å². The van der Waals surface area contributed by atoms with Crippen LogP contribution in [0.2, 0.25) is 5.15 Å². The topological polar surface area (TPSA) is 56.0 Å². The molecular weight excluding hydrogens is 271 g/mol. The van der Waals surface area contributed by atoms with Crippen LogP contribution in [-0.4, -0.2) is 15.2 Å². The number of rotatable bonds is 1. The van der Waals surface area contributed by atoms with Crippen LogP contribution in [0.3, 0.4) is 0 Å². The van der Waals surface area contributed by atoms with Crippen LogP contribution < -0.4 is 0 Å². The summed E-state index contributed by atoms with van der Waals surface area (Å²) >= 11 is 8.63. The number of aromatic nitrogens is 1. The van der Waals surface area contributed by atoms with Crippen molar-refractivity contribution in [2.75, 3.05) is 5.33 Å². The maximum Gasteiger partial charge on any atom is 0.307 e. The monoisotopic (exact) mass is 274 g/mol. The molecule has 0 aliphatic heterocycles. The first-order valence-corrected chi connectivity index (χ1v) is 5.00. The largest absolute Gasteiger partial charge is 0.307 e. The van der Waals surface area contributed by atoms with E-state index in [0.717, 1.165) is 0 Å². The second kappa shape index (κ2) is 4.94. The normalized spacial score (nSPS) is 9.00. The molecule has 4 nitrogen and oxygen atoms in total. The van der Waals surface area contributed by atoms with E-state index in [1.54, 1.807) is 0 Å². The first kappa shape index (κ1) is 11.0. The average Bonchev–Trinajstić information content (AvgIpc) is 2.16. The summed E-state index contributed by atoms with van der Waals surface area (Å²) in [7, 11) is 0. The maximum atomic E-state index is 10.5. The van der Waals surface area contributed by atoms with Crippen LogP contribution in [0.5, 0.6) is 0 Å². The predicted octanol–water partition coefficient (Wildman–Crippen LogP) is 2.39. The van der Waals surface area contributed by atoms with E-state index in [4.69, 9.17) is 11.6 Å². The van der Waals surface area contributed by atoms with Crippen molar-refractivity contribution in [1.29, 1.82) is 0 Å². The quantitative estimate of drug-likeness (QED) is 0.260. The van der Waals surface area contributed by atoms with Crippen molar-refractivity contribution >= 4 is 33.2 Å². The number of hydrogen-bond donors (Lipinski definition) is 0. The number of alkyl halides is 1. The predicted molar refractivity (Wildman–Crippen MR) is 56.6 cm³/mol. The van der Waals surface area contributed by atoms with Crippen molar-refractivity contribution in [3.8, 4) is 11.8 Å². The molecule has 0 amide bonds. The highest BCUT2D eigenvalue weighted by Crippen LogP contribution is 2.21. The minimum atomic E-state index is -0.589. The van der Waals surface area contributed by atoms with E-state index in [1.165, 1.54) is 12.3 Å². The molecule has 0 saturated carbocycles. The number of halogens is 2. The molecule has 0 radical (unpaired) electrons. The number of hydrogen-bond acceptors (Lipinski definition) is 3. The van der Waals surface area contributed by atoms with Gasteiger partial charge in [0.1, 0.15) is 0 Å². The third kappa shape index (κ3) is 2.69. The summed E-state index contributed by atoms with van der Waals surface area (Å²) in [5.74, 6) is 5.41. The van der Waals surface area contributed by atoms with Gasteiger partial charge in [0.25, 0.3) is 0 Å². The van der Waals surface area contributed by atoms with Gasteiger partial charge in [0.05, 0.1) is 10.3 Å². The molecule has 0 aromatic carbocycles. The Bertz CT molecular complexity index is 425. The molecule has 1 aromatic heterocycles. The van der Waals surface area contributed by atoms with Gasteiger partial charge in [-0.1, -0.05) is 39.4 Å². The van der Waals surface area contributed by atoms with Crippen molar-refractivity contribution in [3.63, 3.8) is 0 Å². The molecular formula is C8H4BrClN2O2. The standard InChI is InChI=1S/C8H4BrClN2O2/c9-3-1-2-6-4-7(12(13)14)8(10)11-5-6/h4-5H,3H2. The molecule has 0 aliphatic carbocycles. The van der Waals surface area contributed by atoms with Crippen LogP contribution in [0.15, 0.2) is 12.3 Å². The van der Waals surface area contributed by atoms with Gasteiger partial charge < -0.3 is 0 Å². The summed E-state index contributed by atoms with van der Waals surface area (Å²) < 4.78 is 0. The lowest BCUT2D eigenvalue weighted by molar-refractivity contribution is -0.385. The summed E-state index contributed by atoms with van der Waals surface area (Å²) in [4.78, 5) is 13.5. The van der Waals surface area contributed by atoms with Gasteiger partial charge in [-0.05, 0) is 0 Å². The number of nitro groups is 1. The Morgan fingerprint density at radius 1 is 1.71 bits per heavy atom. The second-order valence-corrected chi connectivity index (χ2v) is 3.15. The zero-order valence-corrected chi connectivity index (χ0v) is 9.17. The lowest BCUT2D eigenvalue weighted by Gasteiger charge is -1.94. The third-order valence-corrected chi connectivity index (χ3v) is 1.89. The Labute approximate surface area is 93.6 Å². The molecule has 0 spiro atoms. The molecule has 0 fully saturated rings. The van der Waals surface area contributed by atoms with E-state index < -0.39 is 4.92 Å². The Morgan fingerprint density at radius 3 is 3.00 bits per heavy atom. The SMILES string of the molecule is O=[N+]([O-])c1cc(C#CCBr)cnc1Cl. The molecule has 0 aliphatic rings. The van der Waals surface area contributed by atoms with E-state index in [0.29, 0.717) is 10.9 Å². The Hall–Kier alpha value is -1.12. The molecule has 72 valence electrons. The van der Waals surface area contributed by atoms with Crippen LogP contribution in [0.4, 0.5) is 5.69 Å². The van der Waals surface area contributed by atoms with Crippen LogP contribution >= 0.6 is 27.5 Å². The lowest BCUT2D eigenvalue weighted by atomic mass is 10.3. The smallest absolute Gasteiger partial charge is 0.258 e. The van der Waals surface area contributed by atoms with Gasteiger partial charge in [-0.15, -0.1) is 0 Å². The van der Waals surface area contributed by atoms with Gasteiger partial charge in [-0.3, -0.25) is 10.1 Å². The Balaban J connectivity index is 3.13. The van der Waals surface area contributed by atoms with E-state index in [2.05, 4.69) is 32.8 Å². The molecule has 0 saturated heterocycles. The first-order chi connectivity index (χ1) is 6.65. The summed E-state index contributed by atoms with van der Waals surface area (Å²) in [6.45, 7) is 0. The van der Waals surface area contributed by atoms with Crippen molar-refractivity contribution in [3.05, 3.63) is 33.1 Å². The lowest BCUT2D eigenvalue weighted by Crippen LogP contribution is -1.92. The third-order valence-electron chi connectivity index (χ3n) is 1.32. The zero-order chi connectivity index (χ0) is 10.6. The molecule has 1 aromatic rings. The molecule has 14 heavy (non-hydrogen) atoms. The fourth-order valence-corrected chi connectivity index (χ4v) is 1.08. The highest BCUT2D eigenvalue weighted by Gasteiger charge is 2.13. The van der Waals surface area contributed by atoms with Gasteiger partial charge in [0, 0.05) is 17.8 Å².